The largest absolute Gasteiger partial charge is 0.256 e. The molecule has 12 heavy (non-hydrogen) atoms. The van der Waals surface area contributed by atoms with Gasteiger partial charge in [0, 0.05) is 16.1 Å². The Morgan fingerprint density at radius 1 is 1.25 bits per heavy atom. The molecular formula is C10H8BrN. The van der Waals surface area contributed by atoms with Crippen LogP contribution in [-0.2, 0) is 0 Å². The van der Waals surface area contributed by atoms with Crippen LogP contribution in [0.4, 0.5) is 0 Å². The lowest BCUT2D eigenvalue weighted by molar-refractivity contribution is 1.36. The van der Waals surface area contributed by atoms with Crippen LogP contribution in [0.3, 0.4) is 0 Å². The van der Waals surface area contributed by atoms with Gasteiger partial charge in [0.15, 0.2) is 0 Å². The van der Waals surface area contributed by atoms with Crippen LogP contribution in [-0.4, -0.2) is 4.98 Å². The Kier molecular flexibility index (Phi) is 1.85. The maximum absolute atomic E-state index is 4.27. The fourth-order valence-corrected chi connectivity index (χ4v) is 1.99. The summed E-state index contributed by atoms with van der Waals surface area (Å²) in [6.45, 7) is 2.09. The van der Waals surface area contributed by atoms with Gasteiger partial charge in [0.1, 0.15) is 0 Å². The molecule has 0 aliphatic carbocycles. The minimum Gasteiger partial charge on any atom is -0.256 e. The highest BCUT2D eigenvalue weighted by molar-refractivity contribution is 9.10. The van der Waals surface area contributed by atoms with Crippen LogP contribution in [0.25, 0.3) is 10.9 Å². The predicted octanol–water partition coefficient (Wildman–Crippen LogP) is 3.31. The molecule has 0 aliphatic rings. The van der Waals surface area contributed by atoms with Crippen molar-refractivity contribution in [2.45, 2.75) is 6.92 Å². The summed E-state index contributed by atoms with van der Waals surface area (Å²) in [6.07, 6.45) is 1.84. The standard InChI is InChI=1S/C10H8BrN/c1-7-5-6-12-9-4-2-3-8(11)10(7)9/h2-6H,1H3. The first-order valence-corrected chi connectivity index (χ1v) is 4.58. The first kappa shape index (κ1) is 7.74. The summed E-state index contributed by atoms with van der Waals surface area (Å²) < 4.78 is 1.12. The summed E-state index contributed by atoms with van der Waals surface area (Å²) in [7, 11) is 0. The molecule has 0 unspecified atom stereocenters. The molecule has 0 N–H and O–H groups in total. The molecule has 0 spiro atoms. The molecule has 2 heteroatoms. The third kappa shape index (κ3) is 1.12. The number of benzene rings is 1. The Hall–Kier alpha value is -0.890. The summed E-state index contributed by atoms with van der Waals surface area (Å²) in [5, 5.41) is 1.21. The molecule has 0 aliphatic heterocycles. The molecule has 2 rings (SSSR count). The minimum atomic E-state index is 1.05. The van der Waals surface area contributed by atoms with E-state index < -0.39 is 0 Å². The average molecular weight is 222 g/mol. The second-order valence-electron chi connectivity index (χ2n) is 2.76. The average Bonchev–Trinajstić information content (AvgIpc) is 2.04. The van der Waals surface area contributed by atoms with E-state index in [-0.39, 0.29) is 0 Å². The lowest BCUT2D eigenvalue weighted by Gasteiger charge is -2.01. The van der Waals surface area contributed by atoms with Gasteiger partial charge in [-0.25, -0.2) is 0 Å². The molecule has 0 atom stereocenters. The number of fused-ring (bicyclic) bond motifs is 1. The van der Waals surface area contributed by atoms with Crippen molar-refractivity contribution in [3.05, 3.63) is 40.5 Å². The zero-order chi connectivity index (χ0) is 8.55. The first-order chi connectivity index (χ1) is 5.79. The topological polar surface area (TPSA) is 12.9 Å². The van der Waals surface area contributed by atoms with Crippen molar-refractivity contribution >= 4 is 26.8 Å². The SMILES string of the molecule is Cc1ccnc2cccc(Br)c12. The van der Waals surface area contributed by atoms with E-state index in [0.717, 1.165) is 9.99 Å². The van der Waals surface area contributed by atoms with Crippen LogP contribution in [0.15, 0.2) is 34.9 Å². The summed E-state index contributed by atoms with van der Waals surface area (Å²) in [4.78, 5) is 4.27. The van der Waals surface area contributed by atoms with Crippen molar-refractivity contribution in [2.24, 2.45) is 0 Å². The number of aryl methyl sites for hydroxylation is 1. The highest BCUT2D eigenvalue weighted by atomic mass is 79.9. The third-order valence-corrected chi connectivity index (χ3v) is 2.58. The van der Waals surface area contributed by atoms with E-state index in [9.17, 15) is 0 Å². The van der Waals surface area contributed by atoms with Gasteiger partial charge in [0.25, 0.3) is 0 Å². The number of halogens is 1. The normalized spacial score (nSPS) is 10.5. The quantitative estimate of drug-likeness (QED) is 0.666. The molecule has 1 aromatic heterocycles. The van der Waals surface area contributed by atoms with Crippen molar-refractivity contribution in [3.63, 3.8) is 0 Å². The van der Waals surface area contributed by atoms with Crippen LogP contribution in [0.2, 0.25) is 0 Å². The predicted molar refractivity (Wildman–Crippen MR) is 54.2 cm³/mol. The maximum Gasteiger partial charge on any atom is 0.0715 e. The Labute approximate surface area is 79.6 Å². The Bertz CT molecular complexity index is 386. The van der Waals surface area contributed by atoms with Crippen molar-refractivity contribution in [3.8, 4) is 0 Å². The van der Waals surface area contributed by atoms with Crippen molar-refractivity contribution in [1.29, 1.82) is 0 Å². The van der Waals surface area contributed by atoms with Gasteiger partial charge in [-0.3, -0.25) is 4.98 Å². The van der Waals surface area contributed by atoms with E-state index in [1.165, 1.54) is 10.9 Å². The molecule has 2 aromatic rings. The zero-order valence-corrected chi connectivity index (χ0v) is 8.30. The van der Waals surface area contributed by atoms with Crippen LogP contribution in [0.1, 0.15) is 5.56 Å². The van der Waals surface area contributed by atoms with E-state index in [1.54, 1.807) is 0 Å². The van der Waals surface area contributed by atoms with Gasteiger partial charge in [-0.15, -0.1) is 0 Å². The second kappa shape index (κ2) is 2.87. The number of hydrogen-bond donors (Lipinski definition) is 0. The molecule has 1 heterocycles. The number of rotatable bonds is 0. The van der Waals surface area contributed by atoms with E-state index in [0.29, 0.717) is 0 Å². The number of pyridine rings is 1. The van der Waals surface area contributed by atoms with Crippen molar-refractivity contribution < 1.29 is 0 Å². The molecule has 0 amide bonds. The molecule has 60 valence electrons. The lowest BCUT2D eigenvalue weighted by atomic mass is 10.1. The summed E-state index contributed by atoms with van der Waals surface area (Å²) in [6, 6.07) is 8.08. The first-order valence-electron chi connectivity index (χ1n) is 3.79. The Morgan fingerprint density at radius 3 is 2.83 bits per heavy atom. The van der Waals surface area contributed by atoms with Crippen LogP contribution >= 0.6 is 15.9 Å². The molecule has 0 saturated heterocycles. The highest BCUT2D eigenvalue weighted by Crippen LogP contribution is 2.24. The van der Waals surface area contributed by atoms with E-state index >= 15 is 0 Å². The lowest BCUT2D eigenvalue weighted by Crippen LogP contribution is -1.82. The van der Waals surface area contributed by atoms with Gasteiger partial charge in [0.05, 0.1) is 5.52 Å². The zero-order valence-electron chi connectivity index (χ0n) is 6.71. The number of hydrogen-bond acceptors (Lipinski definition) is 1. The van der Waals surface area contributed by atoms with Gasteiger partial charge in [-0.05, 0) is 30.7 Å². The van der Waals surface area contributed by atoms with Crippen LogP contribution < -0.4 is 0 Å². The van der Waals surface area contributed by atoms with Crippen LogP contribution in [0, 0.1) is 6.92 Å². The van der Waals surface area contributed by atoms with Gasteiger partial charge < -0.3 is 0 Å². The molecule has 0 radical (unpaired) electrons. The molecule has 0 fully saturated rings. The van der Waals surface area contributed by atoms with E-state index in [2.05, 4.69) is 27.8 Å². The number of nitrogens with zero attached hydrogens (tertiary/aromatic N) is 1. The van der Waals surface area contributed by atoms with Gasteiger partial charge >= 0.3 is 0 Å². The highest BCUT2D eigenvalue weighted by Gasteiger charge is 2.00. The monoisotopic (exact) mass is 221 g/mol. The molecular weight excluding hydrogens is 214 g/mol. The smallest absolute Gasteiger partial charge is 0.0715 e. The summed E-state index contributed by atoms with van der Waals surface area (Å²) in [5.41, 5.74) is 2.30. The Morgan fingerprint density at radius 2 is 2.08 bits per heavy atom. The maximum atomic E-state index is 4.27. The molecule has 1 nitrogen and oxygen atoms in total. The van der Waals surface area contributed by atoms with E-state index in [1.807, 2.05) is 30.5 Å². The number of aromatic nitrogens is 1. The van der Waals surface area contributed by atoms with Crippen molar-refractivity contribution in [2.75, 3.05) is 0 Å². The van der Waals surface area contributed by atoms with E-state index in [4.69, 9.17) is 0 Å². The van der Waals surface area contributed by atoms with Gasteiger partial charge in [-0.2, -0.15) is 0 Å². The second-order valence-corrected chi connectivity index (χ2v) is 3.62. The van der Waals surface area contributed by atoms with Crippen molar-refractivity contribution in [1.82, 2.24) is 4.98 Å². The van der Waals surface area contributed by atoms with Crippen LogP contribution in [0.5, 0.6) is 0 Å². The third-order valence-electron chi connectivity index (χ3n) is 1.92. The fourth-order valence-electron chi connectivity index (χ4n) is 1.32. The molecule has 1 aromatic carbocycles. The summed E-state index contributed by atoms with van der Waals surface area (Å²) in [5.74, 6) is 0. The minimum absolute atomic E-state index is 1.05. The summed E-state index contributed by atoms with van der Waals surface area (Å²) >= 11 is 3.51. The molecule has 0 saturated carbocycles. The molecule has 0 bridgehead atoms. The van der Waals surface area contributed by atoms with Gasteiger partial charge in [0.2, 0.25) is 0 Å². The van der Waals surface area contributed by atoms with Gasteiger partial charge in [-0.1, -0.05) is 22.0 Å². The Balaban J connectivity index is 2.96. The fraction of sp³-hybridized carbons (Fsp3) is 0.100.